The smallest absolute Gasteiger partial charge is 0.433 e. The van der Waals surface area contributed by atoms with Gasteiger partial charge in [-0.25, -0.2) is 0 Å². The molecule has 190 valence electrons. The Balaban J connectivity index is 1.41. The summed E-state index contributed by atoms with van der Waals surface area (Å²) in [5.41, 5.74) is 1.03. The lowest BCUT2D eigenvalue weighted by Gasteiger charge is -2.66. The van der Waals surface area contributed by atoms with Gasteiger partial charge in [0.25, 0.3) is 6.92 Å². The molecule has 5 heteroatoms. The molecule has 3 nitrogen and oxygen atoms in total. The molecule has 6 saturated carbocycles. The molecule has 7 fully saturated rings. The van der Waals surface area contributed by atoms with E-state index >= 15 is 0 Å². The molecule has 7 rings (SSSR count). The van der Waals surface area contributed by atoms with Crippen LogP contribution in [0.5, 0.6) is 0 Å². The Hall–Kier alpha value is -0.250. The molecule has 0 N–H and O–H groups in total. The summed E-state index contributed by atoms with van der Waals surface area (Å²) in [6.07, 6.45) is 9.70. The maximum atomic E-state index is 7.37. The van der Waals surface area contributed by atoms with E-state index in [1.807, 2.05) is 0 Å². The van der Waals surface area contributed by atoms with Crippen LogP contribution in [0.1, 0.15) is 87.0 Å². The van der Waals surface area contributed by atoms with E-state index in [-0.39, 0.29) is 19.0 Å². The van der Waals surface area contributed by atoms with Crippen molar-refractivity contribution in [2.45, 2.75) is 111 Å². The summed E-state index contributed by atoms with van der Waals surface area (Å²) in [7, 11) is -0.205. The second-order valence-electron chi connectivity index (χ2n) is 14.1. The lowest BCUT2D eigenvalue weighted by molar-refractivity contribution is -0.112. The van der Waals surface area contributed by atoms with Crippen LogP contribution in [0.15, 0.2) is 12.7 Å². The van der Waals surface area contributed by atoms with Crippen LogP contribution in [0, 0.1) is 46.3 Å². The van der Waals surface area contributed by atoms with E-state index in [9.17, 15) is 0 Å². The van der Waals surface area contributed by atoms with Gasteiger partial charge >= 0.3 is 7.12 Å². The van der Waals surface area contributed by atoms with Crippen molar-refractivity contribution in [1.82, 2.24) is 0 Å². The first-order chi connectivity index (χ1) is 16.1. The third kappa shape index (κ3) is 3.90. The summed E-state index contributed by atoms with van der Waals surface area (Å²) in [6, 6.07) is 0. The van der Waals surface area contributed by atoms with Crippen LogP contribution < -0.4 is 0 Å². The quantitative estimate of drug-likeness (QED) is 0.275. The maximum Gasteiger partial charge on any atom is 0.466 e. The lowest BCUT2D eigenvalue weighted by atomic mass is 9.27. The normalized spacial score (nSPS) is 43.8. The van der Waals surface area contributed by atoms with Crippen molar-refractivity contribution in [3.8, 4) is 0 Å². The van der Waals surface area contributed by atoms with Gasteiger partial charge in [-0.1, -0.05) is 67.4 Å². The van der Waals surface area contributed by atoms with Gasteiger partial charge in [0.1, 0.15) is 0 Å². The molecule has 0 radical (unpaired) electrons. The van der Waals surface area contributed by atoms with Crippen LogP contribution in [0.2, 0.25) is 17.5 Å². The van der Waals surface area contributed by atoms with Gasteiger partial charge in [-0.05, 0) is 83.7 Å². The van der Waals surface area contributed by atoms with Crippen LogP contribution in [-0.2, 0) is 14.0 Å². The van der Waals surface area contributed by atoms with Gasteiger partial charge in [0.15, 0.2) is 0 Å². The van der Waals surface area contributed by atoms with Gasteiger partial charge in [0.05, 0.1) is 0 Å². The molecule has 1 aliphatic heterocycles. The Kier molecular flexibility index (Phi) is 6.91. The molecule has 0 aromatic carbocycles. The fourth-order valence-corrected chi connectivity index (χ4v) is 9.59. The van der Waals surface area contributed by atoms with Crippen molar-refractivity contribution < 1.29 is 14.0 Å². The standard InChI is InChI=1S/C29H50B2O3/c1-9-24(31-32-12-11-13-33-31)27(10-2)34-30(25-16-20-14-22(18(25)3)28(20,5)6)26-17-21-15-23(19(26)4)29(21,7)8/h9,18-27H,1,10-17H2,2-8H3/t18-,19-,20+,21+,22-,23-,24+,25-,26-,27-/m1/s1. The molecular formula is C29H50B2O3. The molecule has 0 amide bonds. The van der Waals surface area contributed by atoms with Gasteiger partial charge in [-0.3, -0.25) is 0 Å². The summed E-state index contributed by atoms with van der Waals surface area (Å²) in [6.45, 7) is 23.6. The molecule has 4 bridgehead atoms. The SMILES string of the molecule is C=C[C@H](B1OCCCO1)[C@@H](CC)OB([C@@H]1C[C@@H]2C[C@H]([C@H]1C)C2(C)C)[C@@H]1C[C@@H]2C[C@H]([C@H]1C)C2(C)C. The monoisotopic (exact) mass is 468 g/mol. The van der Waals surface area contributed by atoms with Crippen molar-refractivity contribution in [2.24, 2.45) is 46.3 Å². The van der Waals surface area contributed by atoms with Crippen molar-refractivity contribution in [3.05, 3.63) is 12.7 Å². The first-order valence-corrected chi connectivity index (χ1v) is 14.6. The minimum atomic E-state index is -0.205. The highest BCUT2D eigenvalue weighted by molar-refractivity contribution is 6.56. The zero-order valence-corrected chi connectivity index (χ0v) is 23.1. The summed E-state index contributed by atoms with van der Waals surface area (Å²) in [5.74, 6) is 6.39. The second-order valence-corrected chi connectivity index (χ2v) is 14.1. The molecule has 0 spiro atoms. The van der Waals surface area contributed by atoms with E-state index < -0.39 is 0 Å². The van der Waals surface area contributed by atoms with Gasteiger partial charge < -0.3 is 14.0 Å². The van der Waals surface area contributed by atoms with Crippen LogP contribution >= 0.6 is 0 Å². The average Bonchev–Trinajstić information content (AvgIpc) is 2.82. The predicted octanol–water partition coefficient (Wildman–Crippen LogP) is 7.40. The van der Waals surface area contributed by atoms with Crippen molar-refractivity contribution in [3.63, 3.8) is 0 Å². The summed E-state index contributed by atoms with van der Waals surface area (Å²) < 4.78 is 19.5. The summed E-state index contributed by atoms with van der Waals surface area (Å²) >= 11 is 0. The Morgan fingerprint density at radius 2 is 1.44 bits per heavy atom. The Labute approximate surface area is 210 Å². The minimum absolute atomic E-state index is 0.0996. The highest BCUT2D eigenvalue weighted by Crippen LogP contribution is 2.69. The molecule has 34 heavy (non-hydrogen) atoms. The fourth-order valence-electron chi connectivity index (χ4n) is 9.59. The zero-order valence-electron chi connectivity index (χ0n) is 23.1. The van der Waals surface area contributed by atoms with E-state index in [0.29, 0.717) is 29.4 Å². The van der Waals surface area contributed by atoms with Crippen molar-refractivity contribution in [2.75, 3.05) is 13.2 Å². The van der Waals surface area contributed by atoms with E-state index in [1.165, 1.54) is 25.7 Å². The highest BCUT2D eigenvalue weighted by Gasteiger charge is 2.63. The number of rotatable bonds is 8. The third-order valence-corrected chi connectivity index (χ3v) is 12.3. The van der Waals surface area contributed by atoms with E-state index in [4.69, 9.17) is 14.0 Å². The largest absolute Gasteiger partial charge is 0.466 e. The zero-order chi connectivity index (χ0) is 24.4. The van der Waals surface area contributed by atoms with Gasteiger partial charge in [0, 0.05) is 25.1 Å². The second kappa shape index (κ2) is 9.25. The first kappa shape index (κ1) is 25.4. The molecule has 0 aromatic heterocycles. The maximum absolute atomic E-state index is 7.37. The van der Waals surface area contributed by atoms with Crippen LogP contribution in [0.4, 0.5) is 0 Å². The Morgan fingerprint density at radius 1 is 0.941 bits per heavy atom. The molecule has 0 unspecified atom stereocenters. The Morgan fingerprint density at radius 3 is 1.82 bits per heavy atom. The number of hydrogen-bond donors (Lipinski definition) is 0. The van der Waals surface area contributed by atoms with Crippen LogP contribution in [0.3, 0.4) is 0 Å². The Bertz CT molecular complexity index is 706. The average molecular weight is 468 g/mol. The van der Waals surface area contributed by atoms with Crippen LogP contribution in [0.25, 0.3) is 0 Å². The number of fused-ring (bicyclic) bond motifs is 4. The fraction of sp³-hybridized carbons (Fsp3) is 0.931. The molecule has 0 aromatic rings. The van der Waals surface area contributed by atoms with Gasteiger partial charge in [0.2, 0.25) is 0 Å². The summed E-state index contributed by atoms with van der Waals surface area (Å²) in [4.78, 5) is 0. The highest BCUT2D eigenvalue weighted by atomic mass is 16.6. The molecule has 1 heterocycles. The third-order valence-electron chi connectivity index (χ3n) is 12.3. The first-order valence-electron chi connectivity index (χ1n) is 14.6. The number of hydrogen-bond acceptors (Lipinski definition) is 3. The molecule has 10 atom stereocenters. The predicted molar refractivity (Wildman–Crippen MR) is 143 cm³/mol. The van der Waals surface area contributed by atoms with E-state index in [0.717, 1.165) is 61.6 Å². The topological polar surface area (TPSA) is 27.7 Å². The lowest BCUT2D eigenvalue weighted by Crippen LogP contribution is -2.60. The molecule has 7 aliphatic rings. The van der Waals surface area contributed by atoms with Gasteiger partial charge in [-0.15, -0.1) is 6.58 Å². The van der Waals surface area contributed by atoms with Crippen molar-refractivity contribution >= 4 is 14.0 Å². The molecule has 1 saturated heterocycles. The molecule has 6 aliphatic carbocycles. The minimum Gasteiger partial charge on any atom is -0.433 e. The van der Waals surface area contributed by atoms with E-state index in [2.05, 4.69) is 61.1 Å². The molecular weight excluding hydrogens is 418 g/mol. The van der Waals surface area contributed by atoms with E-state index in [1.54, 1.807) is 0 Å². The van der Waals surface area contributed by atoms with Crippen molar-refractivity contribution in [1.29, 1.82) is 0 Å². The summed E-state index contributed by atoms with van der Waals surface area (Å²) in [5, 5.41) is 0. The van der Waals surface area contributed by atoms with Crippen LogP contribution in [-0.4, -0.2) is 33.4 Å². The van der Waals surface area contributed by atoms with Gasteiger partial charge in [-0.2, -0.15) is 0 Å².